The highest BCUT2D eigenvalue weighted by atomic mass is 16.3. The fourth-order valence-corrected chi connectivity index (χ4v) is 9.48. The first-order chi connectivity index (χ1) is 15.1. The van der Waals surface area contributed by atoms with Crippen LogP contribution in [0.5, 0.6) is 0 Å². The van der Waals surface area contributed by atoms with Gasteiger partial charge in [-0.1, -0.05) is 39.3 Å². The van der Waals surface area contributed by atoms with Crippen LogP contribution in [-0.2, 0) is 4.79 Å². The molecule has 0 aromatic carbocycles. The van der Waals surface area contributed by atoms with Gasteiger partial charge in [-0.05, 0) is 117 Å². The third kappa shape index (κ3) is 3.35. The first kappa shape index (κ1) is 22.9. The molecule has 180 valence electrons. The highest BCUT2D eigenvalue weighted by Crippen LogP contribution is 2.65. The molecule has 0 saturated heterocycles. The molecule has 0 aromatic rings. The molecule has 5 aliphatic carbocycles. The van der Waals surface area contributed by atoms with Crippen molar-refractivity contribution in [3.63, 3.8) is 0 Å². The summed E-state index contributed by atoms with van der Waals surface area (Å²) in [6.07, 6.45) is 14.2. The molecule has 0 aromatic heterocycles. The van der Waals surface area contributed by atoms with Crippen molar-refractivity contribution in [2.45, 2.75) is 105 Å². The van der Waals surface area contributed by atoms with Crippen LogP contribution in [0.3, 0.4) is 0 Å². The fraction of sp³-hybridized carbons (Fsp3) is 0.897. The Morgan fingerprint density at radius 2 is 1.75 bits per heavy atom. The van der Waals surface area contributed by atoms with Gasteiger partial charge in [0.15, 0.2) is 0 Å². The van der Waals surface area contributed by atoms with Crippen molar-refractivity contribution in [2.24, 2.45) is 51.8 Å². The lowest BCUT2D eigenvalue weighted by Crippen LogP contribution is -2.57. The number of amides is 1. The zero-order valence-electron chi connectivity index (χ0n) is 21.3. The van der Waals surface area contributed by atoms with Gasteiger partial charge in [0.2, 0.25) is 5.91 Å². The van der Waals surface area contributed by atoms with Crippen LogP contribution in [0.2, 0.25) is 0 Å². The Bertz CT molecular complexity index is 782. The highest BCUT2D eigenvalue weighted by molar-refractivity contribution is 5.84. The SMILES string of the molecule is CCNC(=O)C12CCC3C(=CCC4C3CCC3C4CCC(O)C3(C)C)C1CC(C)(C)CC2. The summed E-state index contributed by atoms with van der Waals surface area (Å²) in [5.74, 6) is 4.54. The number of nitrogens with one attached hydrogen (secondary N) is 1. The van der Waals surface area contributed by atoms with Crippen LogP contribution < -0.4 is 5.32 Å². The van der Waals surface area contributed by atoms with Gasteiger partial charge in [0.25, 0.3) is 0 Å². The van der Waals surface area contributed by atoms with E-state index in [0.29, 0.717) is 29.1 Å². The normalized spacial score (nSPS) is 46.6. The van der Waals surface area contributed by atoms with Crippen LogP contribution in [0, 0.1) is 51.8 Å². The molecular formula is C29H47NO2. The zero-order valence-corrected chi connectivity index (χ0v) is 21.3. The van der Waals surface area contributed by atoms with E-state index in [2.05, 4.69) is 46.0 Å². The molecule has 0 aliphatic heterocycles. The quantitative estimate of drug-likeness (QED) is 0.508. The van der Waals surface area contributed by atoms with E-state index < -0.39 is 0 Å². The molecule has 3 heteroatoms. The standard InChI is InChI=1S/C29H47NO2/c1-6-30-26(32)29-14-13-20-18-9-11-23-21(10-12-25(31)28(23,4)5)19(18)7-8-22(20)24(29)17-27(2,3)15-16-29/h8,18-21,23-25,31H,6-7,9-17H2,1-5H3,(H,30,32). The number of aliphatic hydroxyl groups is 1. The Kier molecular flexibility index (Phi) is 5.63. The topological polar surface area (TPSA) is 49.3 Å². The lowest BCUT2D eigenvalue weighted by atomic mass is 9.44. The highest BCUT2D eigenvalue weighted by Gasteiger charge is 2.59. The van der Waals surface area contributed by atoms with Crippen LogP contribution in [0.4, 0.5) is 0 Å². The maximum absolute atomic E-state index is 13.5. The van der Waals surface area contributed by atoms with Crippen molar-refractivity contribution in [3.05, 3.63) is 11.6 Å². The van der Waals surface area contributed by atoms with E-state index >= 15 is 0 Å². The Morgan fingerprint density at radius 3 is 2.50 bits per heavy atom. The molecule has 0 bridgehead atoms. The minimum absolute atomic E-state index is 0.0607. The van der Waals surface area contributed by atoms with Crippen molar-refractivity contribution in [3.8, 4) is 0 Å². The van der Waals surface area contributed by atoms with Crippen LogP contribution in [0.15, 0.2) is 11.6 Å². The Balaban J connectivity index is 1.46. The molecule has 4 fully saturated rings. The predicted molar refractivity (Wildman–Crippen MR) is 130 cm³/mol. The molecule has 0 spiro atoms. The number of allylic oxidation sites excluding steroid dienone is 2. The van der Waals surface area contributed by atoms with Gasteiger partial charge in [-0.25, -0.2) is 0 Å². The monoisotopic (exact) mass is 441 g/mol. The number of hydrogen-bond acceptors (Lipinski definition) is 2. The summed E-state index contributed by atoms with van der Waals surface area (Å²) < 4.78 is 0. The average Bonchev–Trinajstić information content (AvgIpc) is 2.75. The van der Waals surface area contributed by atoms with Crippen molar-refractivity contribution < 1.29 is 9.90 Å². The van der Waals surface area contributed by atoms with Gasteiger partial charge >= 0.3 is 0 Å². The van der Waals surface area contributed by atoms with E-state index in [1.807, 2.05) is 0 Å². The molecule has 2 N–H and O–H groups in total. The number of aliphatic hydroxyl groups excluding tert-OH is 1. The summed E-state index contributed by atoms with van der Waals surface area (Å²) in [4.78, 5) is 13.5. The number of hydrogen-bond donors (Lipinski definition) is 2. The van der Waals surface area contributed by atoms with Gasteiger partial charge in [-0.15, -0.1) is 0 Å². The lowest BCUT2D eigenvalue weighted by Gasteiger charge is -2.60. The number of carbonyl (C=O) groups is 1. The molecule has 1 amide bonds. The van der Waals surface area contributed by atoms with Gasteiger partial charge in [0, 0.05) is 6.54 Å². The summed E-state index contributed by atoms with van der Waals surface area (Å²) in [6.45, 7) is 12.3. The average molecular weight is 442 g/mol. The van der Waals surface area contributed by atoms with Crippen LogP contribution in [-0.4, -0.2) is 23.7 Å². The molecule has 32 heavy (non-hydrogen) atoms. The van der Waals surface area contributed by atoms with Crippen molar-refractivity contribution >= 4 is 5.91 Å². The number of fused-ring (bicyclic) bond motifs is 7. The molecule has 3 nitrogen and oxygen atoms in total. The van der Waals surface area contributed by atoms with E-state index in [1.54, 1.807) is 5.57 Å². The minimum atomic E-state index is -0.158. The summed E-state index contributed by atoms with van der Waals surface area (Å²) in [5.41, 5.74) is 1.92. The second-order valence-electron chi connectivity index (χ2n) is 13.6. The summed E-state index contributed by atoms with van der Waals surface area (Å²) >= 11 is 0. The molecular weight excluding hydrogens is 394 g/mol. The summed E-state index contributed by atoms with van der Waals surface area (Å²) in [7, 11) is 0. The van der Waals surface area contributed by atoms with Gasteiger partial charge in [0.1, 0.15) is 0 Å². The van der Waals surface area contributed by atoms with Gasteiger partial charge < -0.3 is 10.4 Å². The molecule has 8 atom stereocenters. The molecule has 8 unspecified atom stereocenters. The third-order valence-corrected chi connectivity index (χ3v) is 11.4. The maximum Gasteiger partial charge on any atom is 0.226 e. The van der Waals surface area contributed by atoms with Crippen LogP contribution in [0.25, 0.3) is 0 Å². The van der Waals surface area contributed by atoms with Gasteiger partial charge in [-0.2, -0.15) is 0 Å². The molecule has 5 rings (SSSR count). The first-order valence-electron chi connectivity index (χ1n) is 13.8. The maximum atomic E-state index is 13.5. The second kappa shape index (κ2) is 7.85. The Labute approximate surface area is 196 Å². The molecule has 0 heterocycles. The van der Waals surface area contributed by atoms with Crippen LogP contribution in [0.1, 0.15) is 98.8 Å². The molecule has 5 aliphatic rings. The number of carbonyl (C=O) groups excluding carboxylic acids is 1. The summed E-state index contributed by atoms with van der Waals surface area (Å²) in [6, 6.07) is 0. The van der Waals surface area contributed by atoms with E-state index in [4.69, 9.17) is 0 Å². The zero-order chi connectivity index (χ0) is 22.9. The smallest absolute Gasteiger partial charge is 0.226 e. The van der Waals surface area contributed by atoms with E-state index in [1.165, 1.54) is 44.9 Å². The van der Waals surface area contributed by atoms with Crippen molar-refractivity contribution in [2.75, 3.05) is 6.54 Å². The molecule has 4 saturated carbocycles. The van der Waals surface area contributed by atoms with Crippen molar-refractivity contribution in [1.82, 2.24) is 5.32 Å². The first-order valence-corrected chi connectivity index (χ1v) is 13.8. The van der Waals surface area contributed by atoms with Gasteiger partial charge in [-0.3, -0.25) is 4.79 Å². The fourth-order valence-electron chi connectivity index (χ4n) is 9.48. The van der Waals surface area contributed by atoms with Crippen molar-refractivity contribution in [1.29, 1.82) is 0 Å². The molecule has 0 radical (unpaired) electrons. The van der Waals surface area contributed by atoms with E-state index in [9.17, 15) is 9.90 Å². The largest absolute Gasteiger partial charge is 0.393 e. The van der Waals surface area contributed by atoms with Gasteiger partial charge in [0.05, 0.1) is 11.5 Å². The lowest BCUT2D eigenvalue weighted by molar-refractivity contribution is -0.143. The Morgan fingerprint density at radius 1 is 1.00 bits per heavy atom. The third-order valence-electron chi connectivity index (χ3n) is 11.4. The summed E-state index contributed by atoms with van der Waals surface area (Å²) in [5, 5.41) is 14.0. The van der Waals surface area contributed by atoms with E-state index in [0.717, 1.165) is 43.6 Å². The Hall–Kier alpha value is -0.830. The van der Waals surface area contributed by atoms with Crippen LogP contribution >= 0.6 is 0 Å². The minimum Gasteiger partial charge on any atom is -0.393 e. The van der Waals surface area contributed by atoms with E-state index in [-0.39, 0.29) is 16.9 Å². The predicted octanol–water partition coefficient (Wildman–Crippen LogP) is 6.11. The second-order valence-corrected chi connectivity index (χ2v) is 13.6. The number of rotatable bonds is 2.